The number of nitrogens with zero attached hydrogens (tertiary/aromatic N) is 1. The summed E-state index contributed by atoms with van der Waals surface area (Å²) in [6.07, 6.45) is 5.62. The van der Waals surface area contributed by atoms with Gasteiger partial charge in [0.15, 0.2) is 0 Å². The Kier molecular flexibility index (Phi) is 7.86. The summed E-state index contributed by atoms with van der Waals surface area (Å²) in [5.74, 6) is 0. The van der Waals surface area contributed by atoms with Gasteiger partial charge in [0, 0.05) is 39.4 Å². The van der Waals surface area contributed by atoms with Crippen LogP contribution in [0.1, 0.15) is 38.5 Å². The van der Waals surface area contributed by atoms with Gasteiger partial charge in [0.2, 0.25) is 0 Å². The molecule has 0 aromatic carbocycles. The Bertz CT molecular complexity index is 335. The van der Waals surface area contributed by atoms with Crippen LogP contribution in [0.5, 0.6) is 0 Å². The van der Waals surface area contributed by atoms with E-state index in [1.165, 1.54) is 4.31 Å². The van der Waals surface area contributed by atoms with E-state index in [9.17, 15) is 8.42 Å². The molecule has 1 aliphatic rings. The summed E-state index contributed by atoms with van der Waals surface area (Å²) in [5.41, 5.74) is 5.65. The monoisotopic (exact) mass is 293 g/mol. The van der Waals surface area contributed by atoms with Gasteiger partial charge in [-0.05, 0) is 32.1 Å². The average molecular weight is 293 g/mol. The van der Waals surface area contributed by atoms with E-state index < -0.39 is 10.2 Å². The number of ether oxygens (including phenoxy) is 1. The van der Waals surface area contributed by atoms with Gasteiger partial charge in [-0.15, -0.1) is 0 Å². The Morgan fingerprint density at radius 1 is 1.32 bits per heavy atom. The van der Waals surface area contributed by atoms with Crippen molar-refractivity contribution in [2.75, 3.05) is 33.4 Å². The molecule has 114 valence electrons. The number of unbranched alkanes of at least 4 members (excludes halogenated alkanes) is 2. The van der Waals surface area contributed by atoms with Gasteiger partial charge in [-0.25, -0.2) is 4.72 Å². The van der Waals surface area contributed by atoms with Crippen LogP contribution in [0.15, 0.2) is 0 Å². The fourth-order valence-corrected chi connectivity index (χ4v) is 3.88. The molecule has 19 heavy (non-hydrogen) atoms. The van der Waals surface area contributed by atoms with Crippen LogP contribution in [0, 0.1) is 0 Å². The smallest absolute Gasteiger partial charge is 0.279 e. The van der Waals surface area contributed by atoms with Gasteiger partial charge < -0.3 is 10.5 Å². The maximum Gasteiger partial charge on any atom is 0.279 e. The molecular formula is C12H27N3O3S. The molecule has 1 heterocycles. The first-order valence-corrected chi connectivity index (χ1v) is 8.51. The summed E-state index contributed by atoms with van der Waals surface area (Å²) >= 11 is 0. The number of hydrogen-bond acceptors (Lipinski definition) is 4. The summed E-state index contributed by atoms with van der Waals surface area (Å²) in [6, 6.07) is -0.0419. The molecular weight excluding hydrogens is 266 g/mol. The molecule has 0 aliphatic carbocycles. The molecule has 7 heteroatoms. The van der Waals surface area contributed by atoms with E-state index in [2.05, 4.69) is 4.72 Å². The van der Waals surface area contributed by atoms with Crippen molar-refractivity contribution in [1.82, 2.24) is 9.03 Å². The van der Waals surface area contributed by atoms with E-state index in [0.717, 1.165) is 45.1 Å². The minimum Gasteiger partial charge on any atom is -0.385 e. The van der Waals surface area contributed by atoms with E-state index >= 15 is 0 Å². The van der Waals surface area contributed by atoms with Crippen LogP contribution in [0.3, 0.4) is 0 Å². The molecule has 1 rings (SSSR count). The Balaban J connectivity index is 2.33. The quantitative estimate of drug-likeness (QED) is 0.605. The number of nitrogens with two attached hydrogens (primary N) is 1. The first-order valence-electron chi connectivity index (χ1n) is 7.07. The van der Waals surface area contributed by atoms with Crippen LogP contribution in [-0.4, -0.2) is 52.1 Å². The third kappa shape index (κ3) is 5.74. The molecule has 0 saturated carbocycles. The number of rotatable bonds is 9. The summed E-state index contributed by atoms with van der Waals surface area (Å²) in [6.45, 7) is 2.20. The predicted octanol–water partition coefficient (Wildman–Crippen LogP) is 0.451. The van der Waals surface area contributed by atoms with Crippen LogP contribution in [-0.2, 0) is 14.9 Å². The maximum atomic E-state index is 12.2. The lowest BCUT2D eigenvalue weighted by atomic mass is 10.1. The number of hydrogen-bond donors (Lipinski definition) is 2. The number of piperidine rings is 1. The summed E-state index contributed by atoms with van der Waals surface area (Å²) in [7, 11) is -1.69. The minimum atomic E-state index is -3.37. The molecule has 1 atom stereocenters. The lowest BCUT2D eigenvalue weighted by Crippen LogP contribution is -2.51. The van der Waals surface area contributed by atoms with Crippen molar-refractivity contribution in [3.63, 3.8) is 0 Å². The van der Waals surface area contributed by atoms with Crippen LogP contribution >= 0.6 is 0 Å². The van der Waals surface area contributed by atoms with Crippen LogP contribution in [0.4, 0.5) is 0 Å². The molecule has 1 fully saturated rings. The molecule has 3 N–H and O–H groups in total. The van der Waals surface area contributed by atoms with Crippen molar-refractivity contribution in [2.24, 2.45) is 5.73 Å². The number of nitrogens with one attached hydrogen (secondary N) is 1. The van der Waals surface area contributed by atoms with E-state index in [1.807, 2.05) is 0 Å². The van der Waals surface area contributed by atoms with Crippen molar-refractivity contribution in [2.45, 2.75) is 44.6 Å². The third-order valence-corrected chi connectivity index (χ3v) is 5.13. The van der Waals surface area contributed by atoms with Crippen molar-refractivity contribution >= 4 is 10.2 Å². The van der Waals surface area contributed by atoms with Gasteiger partial charge in [-0.1, -0.05) is 6.42 Å². The van der Waals surface area contributed by atoms with Crippen LogP contribution in [0.25, 0.3) is 0 Å². The Morgan fingerprint density at radius 2 is 2.11 bits per heavy atom. The molecule has 1 unspecified atom stereocenters. The minimum absolute atomic E-state index is 0.0419. The Morgan fingerprint density at radius 3 is 2.79 bits per heavy atom. The molecule has 0 aromatic rings. The molecule has 0 bridgehead atoms. The standard InChI is InChI=1S/C12H27N3O3S/c1-18-10-6-2-4-8-14-19(16,17)15-9-5-3-7-12(15)11-13/h12,14H,2-11,13H2,1H3. The largest absolute Gasteiger partial charge is 0.385 e. The van der Waals surface area contributed by atoms with Crippen molar-refractivity contribution < 1.29 is 13.2 Å². The second-order valence-electron chi connectivity index (χ2n) is 4.95. The fraction of sp³-hybridized carbons (Fsp3) is 1.00. The first-order chi connectivity index (χ1) is 9.11. The van der Waals surface area contributed by atoms with E-state index in [4.69, 9.17) is 10.5 Å². The van der Waals surface area contributed by atoms with E-state index in [0.29, 0.717) is 19.6 Å². The molecule has 1 aliphatic heterocycles. The van der Waals surface area contributed by atoms with Gasteiger partial charge in [0.25, 0.3) is 10.2 Å². The van der Waals surface area contributed by atoms with Gasteiger partial charge in [-0.2, -0.15) is 12.7 Å². The highest BCUT2D eigenvalue weighted by Crippen LogP contribution is 2.18. The van der Waals surface area contributed by atoms with E-state index in [1.54, 1.807) is 7.11 Å². The molecule has 6 nitrogen and oxygen atoms in total. The average Bonchev–Trinajstić information content (AvgIpc) is 2.42. The molecule has 0 radical (unpaired) electrons. The lowest BCUT2D eigenvalue weighted by molar-refractivity contribution is 0.192. The lowest BCUT2D eigenvalue weighted by Gasteiger charge is -2.33. The fourth-order valence-electron chi connectivity index (χ4n) is 2.36. The third-order valence-electron chi connectivity index (χ3n) is 3.46. The SMILES string of the molecule is COCCCCCNS(=O)(=O)N1CCCCC1CN. The predicted molar refractivity (Wildman–Crippen MR) is 76.0 cm³/mol. The van der Waals surface area contributed by atoms with Gasteiger partial charge in [0.05, 0.1) is 0 Å². The Hall–Kier alpha value is -0.210. The summed E-state index contributed by atoms with van der Waals surface area (Å²) < 4.78 is 33.5. The van der Waals surface area contributed by atoms with E-state index in [-0.39, 0.29) is 6.04 Å². The highest BCUT2D eigenvalue weighted by atomic mass is 32.2. The zero-order valence-electron chi connectivity index (χ0n) is 11.8. The molecule has 0 amide bonds. The second-order valence-corrected chi connectivity index (χ2v) is 6.66. The van der Waals surface area contributed by atoms with Crippen molar-refractivity contribution in [1.29, 1.82) is 0 Å². The zero-order chi connectivity index (χ0) is 14.1. The molecule has 1 saturated heterocycles. The summed E-state index contributed by atoms with van der Waals surface area (Å²) in [5, 5.41) is 0. The van der Waals surface area contributed by atoms with Gasteiger partial charge >= 0.3 is 0 Å². The molecule has 0 spiro atoms. The van der Waals surface area contributed by atoms with Crippen LogP contribution in [0.2, 0.25) is 0 Å². The maximum absolute atomic E-state index is 12.2. The highest BCUT2D eigenvalue weighted by molar-refractivity contribution is 7.87. The first kappa shape index (κ1) is 16.8. The second kappa shape index (κ2) is 8.86. The number of methoxy groups -OCH3 is 1. The Labute approximate surface area is 116 Å². The summed E-state index contributed by atoms with van der Waals surface area (Å²) in [4.78, 5) is 0. The van der Waals surface area contributed by atoms with Crippen molar-refractivity contribution in [3.05, 3.63) is 0 Å². The van der Waals surface area contributed by atoms with Crippen LogP contribution < -0.4 is 10.5 Å². The van der Waals surface area contributed by atoms with Gasteiger partial charge in [-0.3, -0.25) is 0 Å². The highest BCUT2D eigenvalue weighted by Gasteiger charge is 2.30. The molecule has 0 aromatic heterocycles. The van der Waals surface area contributed by atoms with Gasteiger partial charge in [0.1, 0.15) is 0 Å². The zero-order valence-corrected chi connectivity index (χ0v) is 12.6. The normalized spacial score (nSPS) is 21.7. The topological polar surface area (TPSA) is 84.7 Å². The van der Waals surface area contributed by atoms with Crippen molar-refractivity contribution in [3.8, 4) is 0 Å².